The molecule has 1 aliphatic rings. The molecule has 106 valence electrons. The summed E-state index contributed by atoms with van der Waals surface area (Å²) >= 11 is 0. The molecule has 1 saturated carbocycles. The molecule has 1 fully saturated rings. The Balaban J connectivity index is 1.82. The second-order valence-corrected chi connectivity index (χ2v) is 4.95. The topological polar surface area (TPSA) is 62.1 Å². The van der Waals surface area contributed by atoms with Gasteiger partial charge in [-0.2, -0.15) is 5.26 Å². The molecule has 0 spiro atoms. The van der Waals surface area contributed by atoms with E-state index in [1.165, 1.54) is 18.6 Å². The third-order valence-electron chi connectivity index (χ3n) is 3.39. The zero-order chi connectivity index (χ0) is 14.4. The fourth-order valence-electron chi connectivity index (χ4n) is 2.35. The van der Waals surface area contributed by atoms with Crippen molar-refractivity contribution in [2.45, 2.75) is 38.1 Å². The average molecular weight is 276 g/mol. The summed E-state index contributed by atoms with van der Waals surface area (Å²) in [7, 11) is 0. The van der Waals surface area contributed by atoms with Gasteiger partial charge in [0.1, 0.15) is 0 Å². The zero-order valence-electron chi connectivity index (χ0n) is 11.2. The van der Waals surface area contributed by atoms with E-state index in [4.69, 9.17) is 10.00 Å². The predicted molar refractivity (Wildman–Crippen MR) is 71.6 cm³/mol. The Hall–Kier alpha value is -2.09. The fraction of sp³-hybridized carbons (Fsp3) is 0.467. The summed E-state index contributed by atoms with van der Waals surface area (Å²) in [6, 6.07) is 5.96. The van der Waals surface area contributed by atoms with Gasteiger partial charge in [-0.15, -0.1) is 0 Å². The van der Waals surface area contributed by atoms with Crippen LogP contribution in [0.5, 0.6) is 5.75 Å². The lowest BCUT2D eigenvalue weighted by molar-refractivity contribution is -0.124. The summed E-state index contributed by atoms with van der Waals surface area (Å²) in [5.74, 6) is -0.877. The van der Waals surface area contributed by atoms with E-state index in [0.29, 0.717) is 0 Å². The van der Waals surface area contributed by atoms with E-state index in [2.05, 4.69) is 5.32 Å². The van der Waals surface area contributed by atoms with Gasteiger partial charge in [-0.1, -0.05) is 19.3 Å². The molecule has 1 amide bonds. The molecule has 1 N–H and O–H groups in total. The number of amides is 1. The number of rotatable bonds is 4. The maximum Gasteiger partial charge on any atom is 0.258 e. The van der Waals surface area contributed by atoms with E-state index in [9.17, 15) is 9.18 Å². The van der Waals surface area contributed by atoms with Crippen molar-refractivity contribution in [2.75, 3.05) is 6.61 Å². The second kappa shape index (κ2) is 6.90. The van der Waals surface area contributed by atoms with Gasteiger partial charge in [0.15, 0.2) is 18.2 Å². The molecule has 1 aliphatic carbocycles. The maximum atomic E-state index is 13.5. The summed E-state index contributed by atoms with van der Waals surface area (Å²) in [6.45, 7) is -0.209. The van der Waals surface area contributed by atoms with E-state index >= 15 is 0 Å². The first-order valence-electron chi connectivity index (χ1n) is 6.81. The molecule has 4 nitrogen and oxygen atoms in total. The number of benzene rings is 1. The molecule has 0 saturated heterocycles. The van der Waals surface area contributed by atoms with E-state index in [1.807, 2.05) is 6.07 Å². The molecule has 20 heavy (non-hydrogen) atoms. The first-order valence-corrected chi connectivity index (χ1v) is 6.81. The average Bonchev–Trinajstić information content (AvgIpc) is 2.47. The number of nitrogens with one attached hydrogen (secondary N) is 1. The van der Waals surface area contributed by atoms with Gasteiger partial charge in [0.05, 0.1) is 11.6 Å². The van der Waals surface area contributed by atoms with Gasteiger partial charge >= 0.3 is 0 Å². The summed E-state index contributed by atoms with van der Waals surface area (Å²) in [4.78, 5) is 11.7. The summed E-state index contributed by atoms with van der Waals surface area (Å²) in [5.41, 5.74) is 0.224. The first kappa shape index (κ1) is 14.3. The molecule has 0 aliphatic heterocycles. The molecule has 0 bridgehead atoms. The normalized spacial score (nSPS) is 15.4. The Labute approximate surface area is 117 Å². The highest BCUT2D eigenvalue weighted by Gasteiger charge is 2.16. The lowest BCUT2D eigenvalue weighted by Crippen LogP contribution is -2.39. The van der Waals surface area contributed by atoms with Crippen molar-refractivity contribution in [1.29, 1.82) is 5.26 Å². The van der Waals surface area contributed by atoms with Crippen molar-refractivity contribution >= 4 is 5.91 Å². The van der Waals surface area contributed by atoms with Crippen LogP contribution in [0.4, 0.5) is 4.39 Å². The van der Waals surface area contributed by atoms with Crippen LogP contribution in [0.25, 0.3) is 0 Å². The molecule has 2 rings (SSSR count). The number of nitrogens with zero attached hydrogens (tertiary/aromatic N) is 1. The minimum atomic E-state index is -0.630. The van der Waals surface area contributed by atoms with Crippen LogP contribution in [0.2, 0.25) is 0 Å². The van der Waals surface area contributed by atoms with Gasteiger partial charge in [0, 0.05) is 6.04 Å². The van der Waals surface area contributed by atoms with Crippen molar-refractivity contribution in [3.05, 3.63) is 29.6 Å². The summed E-state index contributed by atoms with van der Waals surface area (Å²) in [5, 5.41) is 11.5. The van der Waals surface area contributed by atoms with Crippen LogP contribution < -0.4 is 10.1 Å². The highest BCUT2D eigenvalue weighted by atomic mass is 19.1. The molecule has 0 unspecified atom stereocenters. The molecule has 0 aromatic heterocycles. The molecule has 0 heterocycles. The maximum absolute atomic E-state index is 13.5. The van der Waals surface area contributed by atoms with Gasteiger partial charge in [0.2, 0.25) is 0 Å². The largest absolute Gasteiger partial charge is 0.481 e. The Bertz CT molecular complexity index is 519. The van der Waals surface area contributed by atoms with Crippen LogP contribution in [0.1, 0.15) is 37.7 Å². The van der Waals surface area contributed by atoms with Crippen LogP contribution in [0.15, 0.2) is 18.2 Å². The Morgan fingerprint density at radius 2 is 2.15 bits per heavy atom. The Morgan fingerprint density at radius 1 is 1.40 bits per heavy atom. The van der Waals surface area contributed by atoms with Gasteiger partial charge in [-0.05, 0) is 31.0 Å². The number of ether oxygens (including phenoxy) is 1. The van der Waals surface area contributed by atoms with E-state index in [0.717, 1.165) is 31.7 Å². The number of hydrogen-bond acceptors (Lipinski definition) is 3. The Kier molecular flexibility index (Phi) is 4.94. The van der Waals surface area contributed by atoms with Gasteiger partial charge in [-0.3, -0.25) is 4.79 Å². The quantitative estimate of drug-likeness (QED) is 0.919. The minimum absolute atomic E-state index is 0.0113. The Morgan fingerprint density at radius 3 is 2.80 bits per heavy atom. The van der Waals surface area contributed by atoms with Crippen molar-refractivity contribution in [2.24, 2.45) is 0 Å². The van der Waals surface area contributed by atoms with Crippen LogP contribution >= 0.6 is 0 Å². The number of carbonyl (C=O) groups excluding carboxylic acids is 1. The molecule has 0 atom stereocenters. The van der Waals surface area contributed by atoms with E-state index < -0.39 is 5.82 Å². The van der Waals surface area contributed by atoms with E-state index in [-0.39, 0.29) is 29.9 Å². The number of halogens is 1. The lowest BCUT2D eigenvalue weighted by atomic mass is 9.95. The van der Waals surface area contributed by atoms with Crippen molar-refractivity contribution in [3.63, 3.8) is 0 Å². The van der Waals surface area contributed by atoms with Crippen LogP contribution in [0, 0.1) is 17.1 Å². The van der Waals surface area contributed by atoms with E-state index in [1.54, 1.807) is 0 Å². The summed E-state index contributed by atoms with van der Waals surface area (Å²) < 4.78 is 18.7. The lowest BCUT2D eigenvalue weighted by Gasteiger charge is -2.22. The third kappa shape index (κ3) is 3.95. The smallest absolute Gasteiger partial charge is 0.258 e. The number of nitriles is 1. The highest BCUT2D eigenvalue weighted by molar-refractivity contribution is 5.77. The molecule has 1 aromatic carbocycles. The SMILES string of the molecule is N#Cc1ccc(OCC(=O)NC2CCCCC2)c(F)c1. The zero-order valence-corrected chi connectivity index (χ0v) is 11.2. The van der Waals surface area contributed by atoms with Crippen LogP contribution in [0.3, 0.4) is 0 Å². The van der Waals surface area contributed by atoms with Crippen molar-refractivity contribution < 1.29 is 13.9 Å². The third-order valence-corrected chi connectivity index (χ3v) is 3.39. The summed E-state index contributed by atoms with van der Waals surface area (Å²) in [6.07, 6.45) is 5.49. The number of carbonyl (C=O) groups is 1. The number of hydrogen-bond donors (Lipinski definition) is 1. The van der Waals surface area contributed by atoms with Crippen LogP contribution in [-0.2, 0) is 4.79 Å². The van der Waals surface area contributed by atoms with Gasteiger partial charge in [0.25, 0.3) is 5.91 Å². The monoisotopic (exact) mass is 276 g/mol. The van der Waals surface area contributed by atoms with Gasteiger partial charge in [-0.25, -0.2) is 4.39 Å². The van der Waals surface area contributed by atoms with Crippen molar-refractivity contribution in [3.8, 4) is 11.8 Å². The van der Waals surface area contributed by atoms with Crippen molar-refractivity contribution in [1.82, 2.24) is 5.32 Å². The molecular weight excluding hydrogens is 259 g/mol. The first-order chi connectivity index (χ1) is 9.69. The fourth-order valence-corrected chi connectivity index (χ4v) is 2.35. The minimum Gasteiger partial charge on any atom is -0.481 e. The standard InChI is InChI=1S/C15H17FN2O2/c16-13-8-11(9-17)6-7-14(13)20-10-15(19)18-12-4-2-1-3-5-12/h6-8,12H,1-5,10H2,(H,18,19). The molecule has 0 radical (unpaired) electrons. The molecule has 1 aromatic rings. The van der Waals surface area contributed by atoms with Gasteiger partial charge < -0.3 is 10.1 Å². The van der Waals surface area contributed by atoms with Crippen LogP contribution in [-0.4, -0.2) is 18.6 Å². The second-order valence-electron chi connectivity index (χ2n) is 4.95. The molecule has 5 heteroatoms. The molecular formula is C15H17FN2O2. The highest BCUT2D eigenvalue weighted by Crippen LogP contribution is 2.19. The predicted octanol–water partition coefficient (Wildman–Crippen LogP) is 2.53.